The van der Waals surface area contributed by atoms with Crippen LogP contribution < -0.4 is 11.1 Å². The molecule has 5 heteroatoms. The number of anilines is 1. The number of nitrogens with one attached hydrogen (secondary N) is 1. The molecule has 0 aliphatic heterocycles. The zero-order valence-electron chi connectivity index (χ0n) is 11.4. The Kier molecular flexibility index (Phi) is 3.98. The van der Waals surface area contributed by atoms with Crippen LogP contribution in [0.15, 0.2) is 30.5 Å². The minimum Gasteiger partial charge on any atom is -0.399 e. The van der Waals surface area contributed by atoms with Crippen LogP contribution in [0.1, 0.15) is 27.2 Å². The van der Waals surface area contributed by atoms with Crippen molar-refractivity contribution in [3.8, 4) is 0 Å². The Morgan fingerprint density at radius 2 is 2.10 bits per heavy atom. The molecule has 2 rings (SSSR count). The number of nitrogens with zero attached hydrogens (tertiary/aromatic N) is 1. The Morgan fingerprint density at radius 3 is 2.75 bits per heavy atom. The fourth-order valence-corrected chi connectivity index (χ4v) is 1.84. The molecule has 0 saturated heterocycles. The minimum atomic E-state index is -0.543. The molecule has 3 N–H and O–H groups in total. The van der Waals surface area contributed by atoms with Crippen LogP contribution in [-0.2, 0) is 6.54 Å². The van der Waals surface area contributed by atoms with Crippen molar-refractivity contribution in [2.24, 2.45) is 0 Å². The summed E-state index contributed by atoms with van der Waals surface area (Å²) in [5.41, 5.74) is 8.07. The molecule has 1 aromatic heterocycles. The van der Waals surface area contributed by atoms with Crippen LogP contribution in [0.3, 0.4) is 0 Å². The lowest BCUT2D eigenvalue weighted by molar-refractivity contribution is 0.0946. The summed E-state index contributed by atoms with van der Waals surface area (Å²) in [5.74, 6) is -1.03. The van der Waals surface area contributed by atoms with Crippen molar-refractivity contribution in [1.82, 2.24) is 10.3 Å². The van der Waals surface area contributed by atoms with E-state index in [1.807, 2.05) is 19.1 Å². The van der Waals surface area contributed by atoms with Crippen molar-refractivity contribution in [3.05, 3.63) is 58.7 Å². The lowest BCUT2D eigenvalue weighted by Crippen LogP contribution is -2.24. The van der Waals surface area contributed by atoms with E-state index >= 15 is 0 Å². The number of hydrogen-bond acceptors (Lipinski definition) is 3. The number of halogens is 1. The Labute approximate surface area is 116 Å². The largest absolute Gasteiger partial charge is 0.399 e. The molecule has 104 valence electrons. The Bertz CT molecular complexity index is 638. The van der Waals surface area contributed by atoms with Gasteiger partial charge in [0, 0.05) is 24.1 Å². The lowest BCUT2D eigenvalue weighted by Gasteiger charge is -2.09. The van der Waals surface area contributed by atoms with E-state index in [4.69, 9.17) is 5.73 Å². The number of rotatable bonds is 3. The highest BCUT2D eigenvalue weighted by Crippen LogP contribution is 2.17. The standard InChI is InChI=1S/C15H16FN3O/c1-9-5-12(17)6-13(14(9)16)15(20)19-8-11-4-3-10(2)18-7-11/h3-7H,8,17H2,1-2H3,(H,19,20). The van der Waals surface area contributed by atoms with Gasteiger partial charge in [-0.25, -0.2) is 4.39 Å². The van der Waals surface area contributed by atoms with Crippen molar-refractivity contribution in [3.63, 3.8) is 0 Å². The maximum Gasteiger partial charge on any atom is 0.254 e. The highest BCUT2D eigenvalue weighted by Gasteiger charge is 2.14. The van der Waals surface area contributed by atoms with E-state index in [0.29, 0.717) is 17.8 Å². The van der Waals surface area contributed by atoms with Crippen LogP contribution in [0.2, 0.25) is 0 Å². The Morgan fingerprint density at radius 1 is 1.35 bits per heavy atom. The average molecular weight is 273 g/mol. The Hall–Kier alpha value is -2.43. The maximum absolute atomic E-state index is 13.9. The van der Waals surface area contributed by atoms with Gasteiger partial charge >= 0.3 is 0 Å². The number of hydrogen-bond donors (Lipinski definition) is 2. The number of nitrogen functional groups attached to an aromatic ring is 1. The van der Waals surface area contributed by atoms with Gasteiger partial charge in [0.25, 0.3) is 5.91 Å². The van der Waals surface area contributed by atoms with Crippen molar-refractivity contribution < 1.29 is 9.18 Å². The quantitative estimate of drug-likeness (QED) is 0.843. The number of aryl methyl sites for hydroxylation is 2. The average Bonchev–Trinajstić information content (AvgIpc) is 2.42. The van der Waals surface area contributed by atoms with Gasteiger partial charge in [0.05, 0.1) is 5.56 Å². The van der Waals surface area contributed by atoms with E-state index in [1.54, 1.807) is 13.1 Å². The predicted molar refractivity (Wildman–Crippen MR) is 75.7 cm³/mol. The molecule has 0 saturated carbocycles. The number of pyridine rings is 1. The second-order valence-corrected chi connectivity index (χ2v) is 4.69. The summed E-state index contributed by atoms with van der Waals surface area (Å²) in [7, 11) is 0. The number of carbonyl (C=O) groups excluding carboxylic acids is 1. The number of amides is 1. The molecule has 2 aromatic rings. The zero-order valence-corrected chi connectivity index (χ0v) is 11.4. The summed E-state index contributed by atoms with van der Waals surface area (Å²) < 4.78 is 13.9. The first kappa shape index (κ1) is 14.0. The van der Waals surface area contributed by atoms with Gasteiger partial charge in [-0.3, -0.25) is 9.78 Å². The van der Waals surface area contributed by atoms with Gasteiger partial charge in [-0.1, -0.05) is 6.07 Å². The SMILES string of the molecule is Cc1ccc(CNC(=O)c2cc(N)cc(C)c2F)cn1. The van der Waals surface area contributed by atoms with E-state index < -0.39 is 11.7 Å². The molecule has 1 aromatic carbocycles. The molecule has 0 aliphatic rings. The van der Waals surface area contributed by atoms with Crippen LogP contribution >= 0.6 is 0 Å². The van der Waals surface area contributed by atoms with Gasteiger partial charge < -0.3 is 11.1 Å². The molecular weight excluding hydrogens is 257 g/mol. The molecule has 1 amide bonds. The molecule has 0 fully saturated rings. The first-order valence-corrected chi connectivity index (χ1v) is 6.22. The van der Waals surface area contributed by atoms with E-state index in [1.165, 1.54) is 12.1 Å². The van der Waals surface area contributed by atoms with Gasteiger partial charge in [0.2, 0.25) is 0 Å². The Balaban J connectivity index is 2.11. The minimum absolute atomic E-state index is 0.0393. The van der Waals surface area contributed by atoms with Gasteiger partial charge in [-0.15, -0.1) is 0 Å². The molecular formula is C15H16FN3O. The van der Waals surface area contributed by atoms with E-state index in [0.717, 1.165) is 11.3 Å². The van der Waals surface area contributed by atoms with Crippen LogP contribution in [0, 0.1) is 19.7 Å². The van der Waals surface area contributed by atoms with Gasteiger partial charge in [-0.05, 0) is 43.2 Å². The topological polar surface area (TPSA) is 68.0 Å². The van der Waals surface area contributed by atoms with Crippen LogP contribution in [-0.4, -0.2) is 10.9 Å². The van der Waals surface area contributed by atoms with E-state index in [9.17, 15) is 9.18 Å². The summed E-state index contributed by atoms with van der Waals surface area (Å²) >= 11 is 0. The van der Waals surface area contributed by atoms with Gasteiger partial charge in [-0.2, -0.15) is 0 Å². The summed E-state index contributed by atoms with van der Waals surface area (Å²) in [6.07, 6.45) is 1.68. The third kappa shape index (κ3) is 3.12. The number of aromatic nitrogens is 1. The molecule has 1 heterocycles. The molecule has 0 unspecified atom stereocenters. The van der Waals surface area contributed by atoms with Crippen LogP contribution in [0.5, 0.6) is 0 Å². The third-order valence-electron chi connectivity index (χ3n) is 2.95. The summed E-state index contributed by atoms with van der Waals surface area (Å²) in [5, 5.41) is 2.66. The molecule has 0 radical (unpaired) electrons. The van der Waals surface area contributed by atoms with Gasteiger partial charge in [0.15, 0.2) is 0 Å². The molecule has 0 aliphatic carbocycles. The fourth-order valence-electron chi connectivity index (χ4n) is 1.84. The first-order chi connectivity index (χ1) is 9.47. The molecule has 4 nitrogen and oxygen atoms in total. The van der Waals surface area contributed by atoms with Crippen molar-refractivity contribution >= 4 is 11.6 Å². The molecule has 20 heavy (non-hydrogen) atoms. The van der Waals surface area contributed by atoms with E-state index in [-0.39, 0.29) is 5.56 Å². The highest BCUT2D eigenvalue weighted by molar-refractivity contribution is 5.95. The summed E-state index contributed by atoms with van der Waals surface area (Å²) in [6, 6.07) is 6.55. The van der Waals surface area contributed by atoms with E-state index in [2.05, 4.69) is 10.3 Å². The fraction of sp³-hybridized carbons (Fsp3) is 0.200. The summed E-state index contributed by atoms with van der Waals surface area (Å²) in [4.78, 5) is 16.1. The van der Waals surface area contributed by atoms with Crippen LogP contribution in [0.25, 0.3) is 0 Å². The van der Waals surface area contributed by atoms with Crippen molar-refractivity contribution in [2.75, 3.05) is 5.73 Å². The maximum atomic E-state index is 13.9. The normalized spacial score (nSPS) is 10.3. The molecule has 0 atom stereocenters. The summed E-state index contributed by atoms with van der Waals surface area (Å²) in [6.45, 7) is 3.75. The highest BCUT2D eigenvalue weighted by atomic mass is 19.1. The molecule has 0 spiro atoms. The first-order valence-electron chi connectivity index (χ1n) is 6.22. The van der Waals surface area contributed by atoms with Crippen molar-refractivity contribution in [1.29, 1.82) is 0 Å². The third-order valence-corrected chi connectivity index (χ3v) is 2.95. The second kappa shape index (κ2) is 5.69. The lowest BCUT2D eigenvalue weighted by atomic mass is 10.1. The number of carbonyl (C=O) groups is 1. The smallest absolute Gasteiger partial charge is 0.254 e. The molecule has 0 bridgehead atoms. The second-order valence-electron chi connectivity index (χ2n) is 4.69. The van der Waals surface area contributed by atoms with Gasteiger partial charge in [0.1, 0.15) is 5.82 Å². The zero-order chi connectivity index (χ0) is 14.7. The van der Waals surface area contributed by atoms with Crippen molar-refractivity contribution in [2.45, 2.75) is 20.4 Å². The predicted octanol–water partition coefficient (Wildman–Crippen LogP) is 2.35. The monoisotopic (exact) mass is 273 g/mol. The van der Waals surface area contributed by atoms with Crippen LogP contribution in [0.4, 0.5) is 10.1 Å². The number of nitrogens with two attached hydrogens (primary N) is 1. The number of benzene rings is 1.